The first-order chi connectivity index (χ1) is 13.0. The number of rotatable bonds is 6. The van der Waals surface area contributed by atoms with Gasteiger partial charge in [0.1, 0.15) is 0 Å². The van der Waals surface area contributed by atoms with Crippen molar-refractivity contribution in [1.29, 1.82) is 0 Å². The quantitative estimate of drug-likeness (QED) is 0.747. The summed E-state index contributed by atoms with van der Waals surface area (Å²) >= 11 is 0. The first-order valence-corrected chi connectivity index (χ1v) is 10.0. The van der Waals surface area contributed by atoms with Gasteiger partial charge in [-0.1, -0.05) is 12.1 Å². The molecule has 0 aliphatic carbocycles. The number of carbonyl (C=O) groups excluding carboxylic acids is 2. The summed E-state index contributed by atoms with van der Waals surface area (Å²) in [5.74, 6) is -1.24. The van der Waals surface area contributed by atoms with Crippen LogP contribution in [0, 0.1) is 20.8 Å². The van der Waals surface area contributed by atoms with Crippen molar-refractivity contribution in [2.45, 2.75) is 25.7 Å². The van der Waals surface area contributed by atoms with E-state index in [1.165, 1.54) is 32.3 Å². The Morgan fingerprint density at radius 3 is 2.21 bits per heavy atom. The van der Waals surface area contributed by atoms with E-state index in [1.54, 1.807) is 13.0 Å². The number of ether oxygens (including phenoxy) is 1. The van der Waals surface area contributed by atoms with Gasteiger partial charge in [-0.05, 0) is 61.7 Å². The van der Waals surface area contributed by atoms with Crippen LogP contribution < -0.4 is 5.32 Å². The van der Waals surface area contributed by atoms with E-state index in [-0.39, 0.29) is 10.5 Å². The number of nitrogens with one attached hydrogen (secondary N) is 1. The second-order valence-corrected chi connectivity index (χ2v) is 8.84. The number of anilines is 1. The summed E-state index contributed by atoms with van der Waals surface area (Å²) in [7, 11) is -0.869. The number of benzene rings is 2. The van der Waals surface area contributed by atoms with Gasteiger partial charge in [-0.25, -0.2) is 17.5 Å². The van der Waals surface area contributed by atoms with Crippen molar-refractivity contribution in [3.8, 4) is 0 Å². The molecule has 150 valence electrons. The van der Waals surface area contributed by atoms with Crippen LogP contribution in [0.2, 0.25) is 0 Å². The summed E-state index contributed by atoms with van der Waals surface area (Å²) in [6, 6.07) is 9.69. The van der Waals surface area contributed by atoms with Gasteiger partial charge in [-0.15, -0.1) is 0 Å². The SMILES string of the molecule is Cc1ccc(NC(=O)COC(=O)c2cc(S(=O)(=O)N(C)C)ccc2C)cc1C. The lowest BCUT2D eigenvalue weighted by Gasteiger charge is -2.13. The number of hydrogen-bond acceptors (Lipinski definition) is 5. The van der Waals surface area contributed by atoms with Crippen molar-refractivity contribution in [3.05, 3.63) is 58.7 Å². The molecule has 0 aliphatic rings. The van der Waals surface area contributed by atoms with E-state index in [2.05, 4.69) is 5.32 Å². The summed E-state index contributed by atoms with van der Waals surface area (Å²) in [6.45, 7) is 5.09. The van der Waals surface area contributed by atoms with Crippen molar-refractivity contribution in [2.75, 3.05) is 26.0 Å². The average Bonchev–Trinajstić information content (AvgIpc) is 2.63. The Bertz CT molecular complexity index is 1010. The van der Waals surface area contributed by atoms with Gasteiger partial charge in [0.05, 0.1) is 10.5 Å². The van der Waals surface area contributed by atoms with Crippen LogP contribution in [0.5, 0.6) is 0 Å². The lowest BCUT2D eigenvalue weighted by molar-refractivity contribution is -0.119. The molecule has 1 N–H and O–H groups in total. The maximum Gasteiger partial charge on any atom is 0.338 e. The van der Waals surface area contributed by atoms with Crippen LogP contribution in [0.3, 0.4) is 0 Å². The highest BCUT2D eigenvalue weighted by Crippen LogP contribution is 2.19. The number of carbonyl (C=O) groups is 2. The summed E-state index contributed by atoms with van der Waals surface area (Å²) < 4.78 is 30.6. The molecule has 0 atom stereocenters. The Morgan fingerprint density at radius 1 is 0.964 bits per heavy atom. The average molecular weight is 404 g/mol. The molecule has 0 saturated heterocycles. The lowest BCUT2D eigenvalue weighted by Crippen LogP contribution is -2.23. The normalized spacial score (nSPS) is 11.4. The highest BCUT2D eigenvalue weighted by atomic mass is 32.2. The molecule has 0 unspecified atom stereocenters. The van der Waals surface area contributed by atoms with Gasteiger partial charge < -0.3 is 10.1 Å². The van der Waals surface area contributed by atoms with Gasteiger partial charge >= 0.3 is 5.97 Å². The predicted molar refractivity (Wildman–Crippen MR) is 107 cm³/mol. The molecule has 7 nitrogen and oxygen atoms in total. The van der Waals surface area contributed by atoms with Crippen molar-refractivity contribution in [2.24, 2.45) is 0 Å². The van der Waals surface area contributed by atoms with Gasteiger partial charge in [-0.2, -0.15) is 0 Å². The van der Waals surface area contributed by atoms with Crippen LogP contribution in [-0.2, 0) is 19.6 Å². The van der Waals surface area contributed by atoms with Gasteiger partial charge in [0.15, 0.2) is 6.61 Å². The third-order valence-corrected chi connectivity index (χ3v) is 6.14. The lowest BCUT2D eigenvalue weighted by atomic mass is 10.1. The molecule has 0 bridgehead atoms. The molecule has 0 aliphatic heterocycles. The Balaban J connectivity index is 2.08. The Hall–Kier alpha value is -2.71. The fraction of sp³-hybridized carbons (Fsp3) is 0.300. The Labute approximate surface area is 165 Å². The first kappa shape index (κ1) is 21.6. The summed E-state index contributed by atoms with van der Waals surface area (Å²) in [5, 5.41) is 2.66. The van der Waals surface area contributed by atoms with E-state index in [1.807, 2.05) is 26.0 Å². The zero-order chi connectivity index (χ0) is 21.1. The van der Waals surface area contributed by atoms with Crippen molar-refractivity contribution < 1.29 is 22.7 Å². The fourth-order valence-corrected chi connectivity index (χ4v) is 3.35. The molecular formula is C20H24N2O5S. The molecule has 0 fully saturated rings. The second kappa shape index (κ2) is 8.53. The van der Waals surface area contributed by atoms with Crippen LogP contribution in [0.15, 0.2) is 41.3 Å². The van der Waals surface area contributed by atoms with Crippen LogP contribution >= 0.6 is 0 Å². The maximum absolute atomic E-state index is 12.4. The van der Waals surface area contributed by atoms with Gasteiger partial charge in [-0.3, -0.25) is 4.79 Å². The number of esters is 1. The van der Waals surface area contributed by atoms with Crippen molar-refractivity contribution in [1.82, 2.24) is 4.31 Å². The zero-order valence-corrected chi connectivity index (χ0v) is 17.4. The van der Waals surface area contributed by atoms with E-state index in [0.29, 0.717) is 11.3 Å². The monoisotopic (exact) mass is 404 g/mol. The first-order valence-electron chi connectivity index (χ1n) is 8.60. The van der Waals surface area contributed by atoms with Crippen LogP contribution in [0.1, 0.15) is 27.0 Å². The molecule has 0 heterocycles. The van der Waals surface area contributed by atoms with E-state index in [4.69, 9.17) is 4.74 Å². The molecule has 0 saturated carbocycles. The minimum Gasteiger partial charge on any atom is -0.452 e. The summed E-state index contributed by atoms with van der Waals surface area (Å²) in [6.07, 6.45) is 0. The fourth-order valence-electron chi connectivity index (χ4n) is 2.42. The van der Waals surface area contributed by atoms with E-state index < -0.39 is 28.5 Å². The second-order valence-electron chi connectivity index (χ2n) is 6.69. The van der Waals surface area contributed by atoms with E-state index in [0.717, 1.165) is 15.4 Å². The molecular weight excluding hydrogens is 380 g/mol. The topological polar surface area (TPSA) is 92.8 Å². The number of sulfonamides is 1. The van der Waals surface area contributed by atoms with Gasteiger partial charge in [0, 0.05) is 19.8 Å². The molecule has 8 heteroatoms. The molecule has 2 aromatic rings. The van der Waals surface area contributed by atoms with Crippen molar-refractivity contribution in [3.63, 3.8) is 0 Å². The molecule has 1 amide bonds. The molecule has 0 radical (unpaired) electrons. The Kier molecular flexibility index (Phi) is 6.58. The largest absolute Gasteiger partial charge is 0.452 e. The summed E-state index contributed by atoms with van der Waals surface area (Å²) in [5.41, 5.74) is 3.40. The predicted octanol–water partition coefficient (Wildman–Crippen LogP) is 2.66. The smallest absolute Gasteiger partial charge is 0.338 e. The van der Waals surface area contributed by atoms with Crippen LogP contribution in [-0.4, -0.2) is 45.3 Å². The Morgan fingerprint density at radius 2 is 1.61 bits per heavy atom. The van der Waals surface area contributed by atoms with Crippen molar-refractivity contribution >= 4 is 27.6 Å². The van der Waals surface area contributed by atoms with Crippen LogP contribution in [0.4, 0.5) is 5.69 Å². The van der Waals surface area contributed by atoms with E-state index >= 15 is 0 Å². The minimum absolute atomic E-state index is 0.0189. The number of nitrogens with zero attached hydrogens (tertiary/aromatic N) is 1. The molecule has 0 aromatic heterocycles. The third kappa shape index (κ3) is 4.96. The van der Waals surface area contributed by atoms with E-state index in [9.17, 15) is 18.0 Å². The van der Waals surface area contributed by atoms with Crippen LogP contribution in [0.25, 0.3) is 0 Å². The summed E-state index contributed by atoms with van der Waals surface area (Å²) in [4.78, 5) is 24.4. The minimum atomic E-state index is -3.68. The molecule has 28 heavy (non-hydrogen) atoms. The maximum atomic E-state index is 12.4. The highest BCUT2D eigenvalue weighted by molar-refractivity contribution is 7.89. The number of amides is 1. The highest BCUT2D eigenvalue weighted by Gasteiger charge is 2.21. The third-order valence-electron chi connectivity index (χ3n) is 4.33. The standard InChI is InChI=1S/C20H24N2O5S/c1-13-6-8-16(10-15(13)3)21-19(23)12-27-20(24)18-11-17(9-7-14(18)2)28(25,26)22(4)5/h6-11H,12H2,1-5H3,(H,21,23). The molecule has 0 spiro atoms. The molecule has 2 aromatic carbocycles. The number of hydrogen-bond donors (Lipinski definition) is 1. The van der Waals surface area contributed by atoms with Gasteiger partial charge in [0.25, 0.3) is 5.91 Å². The number of aryl methyl sites for hydroxylation is 3. The van der Waals surface area contributed by atoms with Gasteiger partial charge in [0.2, 0.25) is 10.0 Å². The molecule has 2 rings (SSSR count). The zero-order valence-electron chi connectivity index (χ0n) is 16.6.